The highest BCUT2D eigenvalue weighted by Crippen LogP contribution is 2.47. The summed E-state index contributed by atoms with van der Waals surface area (Å²) >= 11 is 0. The van der Waals surface area contributed by atoms with E-state index in [1.807, 2.05) is 24.3 Å². The van der Waals surface area contributed by atoms with Crippen LogP contribution in [0.4, 0.5) is 10.5 Å². The molecule has 10 nitrogen and oxygen atoms in total. The lowest BCUT2D eigenvalue weighted by molar-refractivity contribution is -0.119. The van der Waals surface area contributed by atoms with E-state index in [0.717, 1.165) is 5.56 Å². The molecular weight excluding hydrogens is 562 g/mol. The lowest BCUT2D eigenvalue weighted by atomic mass is 10.1. The second-order valence-corrected chi connectivity index (χ2v) is 10.4. The van der Waals surface area contributed by atoms with Crippen molar-refractivity contribution < 1.29 is 33.4 Å². The Balaban J connectivity index is 1.15. The van der Waals surface area contributed by atoms with Crippen molar-refractivity contribution in [3.05, 3.63) is 114 Å². The molecule has 2 aliphatic heterocycles. The first kappa shape index (κ1) is 28.5. The second kappa shape index (κ2) is 12.3. The summed E-state index contributed by atoms with van der Waals surface area (Å²) in [6.45, 7) is 2.09. The lowest BCUT2D eigenvalue weighted by Gasteiger charge is -2.24. The smallest absolute Gasteiger partial charge is 0.414 e. The number of rotatable bonds is 8. The molecule has 0 aliphatic carbocycles. The highest BCUT2D eigenvalue weighted by atomic mass is 16.6. The highest BCUT2D eigenvalue weighted by Gasteiger charge is 2.33. The van der Waals surface area contributed by atoms with E-state index < -0.39 is 12.2 Å². The van der Waals surface area contributed by atoms with Crippen LogP contribution in [0.25, 0.3) is 0 Å². The van der Waals surface area contributed by atoms with Gasteiger partial charge in [-0.25, -0.2) is 4.79 Å². The Hall–Kier alpha value is -5.64. The van der Waals surface area contributed by atoms with Gasteiger partial charge in [-0.15, -0.1) is 0 Å². The first-order valence-corrected chi connectivity index (χ1v) is 14.2. The van der Waals surface area contributed by atoms with Crippen LogP contribution in [0.5, 0.6) is 23.0 Å². The van der Waals surface area contributed by atoms with Crippen LogP contribution in [0.3, 0.4) is 0 Å². The molecule has 6 rings (SSSR count). The molecule has 1 atom stereocenters. The Morgan fingerprint density at radius 1 is 0.795 bits per heavy atom. The van der Waals surface area contributed by atoms with Gasteiger partial charge in [-0.1, -0.05) is 42.5 Å². The molecule has 1 N–H and O–H groups in total. The summed E-state index contributed by atoms with van der Waals surface area (Å²) in [4.78, 5) is 53.2. The van der Waals surface area contributed by atoms with E-state index in [1.54, 1.807) is 72.8 Å². The van der Waals surface area contributed by atoms with Crippen LogP contribution < -0.4 is 19.7 Å². The summed E-state index contributed by atoms with van der Waals surface area (Å²) in [5.74, 6) is 0.960. The normalized spacial score (nSPS) is 14.8. The number of fused-ring (bicyclic) bond motifs is 2. The van der Waals surface area contributed by atoms with Crippen LogP contribution in [-0.2, 0) is 16.0 Å². The van der Waals surface area contributed by atoms with Gasteiger partial charge in [-0.3, -0.25) is 24.2 Å². The van der Waals surface area contributed by atoms with Crippen LogP contribution in [0.2, 0.25) is 0 Å². The minimum absolute atomic E-state index is 0.163. The number of nitrogens with zero attached hydrogens (tertiary/aromatic N) is 2. The molecule has 2 heterocycles. The third-order valence-corrected chi connectivity index (χ3v) is 7.30. The van der Waals surface area contributed by atoms with Gasteiger partial charge >= 0.3 is 6.09 Å². The molecule has 1 fully saturated rings. The molecule has 1 saturated heterocycles. The van der Waals surface area contributed by atoms with Gasteiger partial charge in [0, 0.05) is 30.7 Å². The molecule has 10 heteroatoms. The van der Waals surface area contributed by atoms with Crippen LogP contribution in [0, 0.1) is 0 Å². The number of carbonyl (C=O) groups excluding carboxylic acids is 4. The number of carbonyl (C=O) groups is 4. The Kier molecular flexibility index (Phi) is 7.96. The molecule has 222 valence electrons. The molecule has 4 amide bonds. The fourth-order valence-electron chi connectivity index (χ4n) is 5.04. The van der Waals surface area contributed by atoms with Gasteiger partial charge in [-0.2, -0.15) is 0 Å². The minimum Gasteiger partial charge on any atom is -0.450 e. The minimum atomic E-state index is -0.507. The first-order valence-electron chi connectivity index (χ1n) is 14.2. The van der Waals surface area contributed by atoms with Crippen molar-refractivity contribution in [2.75, 3.05) is 24.5 Å². The van der Waals surface area contributed by atoms with Crippen molar-refractivity contribution >= 4 is 29.5 Å². The van der Waals surface area contributed by atoms with Gasteiger partial charge in [0.1, 0.15) is 6.10 Å². The summed E-state index contributed by atoms with van der Waals surface area (Å²) in [7, 11) is 0. The molecule has 0 bridgehead atoms. The zero-order chi connectivity index (χ0) is 30.6. The molecule has 4 aromatic rings. The summed E-state index contributed by atoms with van der Waals surface area (Å²) < 4.78 is 17.6. The second-order valence-electron chi connectivity index (χ2n) is 10.4. The number of cyclic esters (lactones) is 1. The maximum Gasteiger partial charge on any atom is 0.414 e. The lowest BCUT2D eigenvalue weighted by Crippen LogP contribution is -2.38. The molecular formula is C34H29N3O7. The number of amides is 4. The molecule has 0 aromatic heterocycles. The largest absolute Gasteiger partial charge is 0.450 e. The number of imide groups is 1. The number of anilines is 1. The molecule has 0 saturated carbocycles. The number of benzene rings is 4. The van der Waals surface area contributed by atoms with E-state index in [0.29, 0.717) is 46.2 Å². The standard InChI is InChI=1S/C34H29N3O7/c1-22(38)35-20-27-21-37(34(41)42-27)26-13-15-29-31(19-26)44-28-14-12-23(18-30(28)43-29)16-17-36(32(39)24-8-4-2-5-9-24)33(40)25-10-6-3-7-11-25/h2-15,18-19,27H,16-17,20-21H2,1H3,(H,35,38)/t27-/m0/s1. The van der Waals surface area contributed by atoms with Crippen molar-refractivity contribution in [3.8, 4) is 23.0 Å². The van der Waals surface area contributed by atoms with Crippen molar-refractivity contribution in [3.63, 3.8) is 0 Å². The Bertz CT molecular complexity index is 1670. The number of hydrogen-bond acceptors (Lipinski definition) is 7. The summed E-state index contributed by atoms with van der Waals surface area (Å²) in [6.07, 6.45) is -0.565. The van der Waals surface area contributed by atoms with Crippen molar-refractivity contribution in [2.24, 2.45) is 0 Å². The average molecular weight is 592 g/mol. The van der Waals surface area contributed by atoms with E-state index >= 15 is 0 Å². The Morgan fingerprint density at radius 3 is 2.00 bits per heavy atom. The van der Waals surface area contributed by atoms with E-state index in [1.165, 1.54) is 16.7 Å². The highest BCUT2D eigenvalue weighted by molar-refractivity contribution is 6.10. The summed E-state index contributed by atoms with van der Waals surface area (Å²) in [5.41, 5.74) is 2.29. The van der Waals surface area contributed by atoms with E-state index in [9.17, 15) is 19.2 Å². The van der Waals surface area contributed by atoms with Gasteiger partial charge < -0.3 is 19.5 Å². The number of ether oxygens (including phenoxy) is 3. The van der Waals surface area contributed by atoms with Crippen LogP contribution in [0.1, 0.15) is 33.2 Å². The fourth-order valence-corrected chi connectivity index (χ4v) is 5.04. The van der Waals surface area contributed by atoms with Gasteiger partial charge in [0.25, 0.3) is 11.8 Å². The zero-order valence-electron chi connectivity index (χ0n) is 23.9. The van der Waals surface area contributed by atoms with E-state index in [-0.39, 0.29) is 37.4 Å². The van der Waals surface area contributed by atoms with Gasteiger partial charge in [0.05, 0.1) is 18.8 Å². The maximum absolute atomic E-state index is 13.4. The molecule has 0 unspecified atom stereocenters. The zero-order valence-corrected chi connectivity index (χ0v) is 23.9. The number of hydrogen-bond donors (Lipinski definition) is 1. The predicted molar refractivity (Wildman–Crippen MR) is 161 cm³/mol. The quantitative estimate of drug-likeness (QED) is 0.235. The molecule has 2 aliphatic rings. The van der Waals surface area contributed by atoms with Gasteiger partial charge in [0.15, 0.2) is 23.0 Å². The van der Waals surface area contributed by atoms with Crippen molar-refractivity contribution in [2.45, 2.75) is 19.4 Å². The van der Waals surface area contributed by atoms with Gasteiger partial charge in [-0.05, 0) is 60.5 Å². The van der Waals surface area contributed by atoms with Gasteiger partial charge in [0.2, 0.25) is 5.91 Å². The molecule has 4 aromatic carbocycles. The SMILES string of the molecule is CC(=O)NC[C@H]1CN(c2ccc3c(c2)Oc2ccc(CCN(C(=O)c4ccccc4)C(=O)c4ccccc4)cc2O3)C(=O)O1. The molecule has 0 spiro atoms. The van der Waals surface area contributed by atoms with E-state index in [4.69, 9.17) is 14.2 Å². The summed E-state index contributed by atoms with van der Waals surface area (Å²) in [6, 6.07) is 28.1. The van der Waals surface area contributed by atoms with E-state index in [2.05, 4.69) is 5.32 Å². The topological polar surface area (TPSA) is 114 Å². The van der Waals surface area contributed by atoms with Crippen molar-refractivity contribution in [1.82, 2.24) is 10.2 Å². The average Bonchev–Trinajstić information content (AvgIpc) is 3.43. The Morgan fingerprint density at radius 2 is 1.39 bits per heavy atom. The molecule has 44 heavy (non-hydrogen) atoms. The first-order chi connectivity index (χ1) is 21.4. The summed E-state index contributed by atoms with van der Waals surface area (Å²) in [5, 5.41) is 2.66. The molecule has 0 radical (unpaired) electrons. The van der Waals surface area contributed by atoms with Crippen LogP contribution in [0.15, 0.2) is 97.1 Å². The van der Waals surface area contributed by atoms with Crippen LogP contribution >= 0.6 is 0 Å². The third-order valence-electron chi connectivity index (χ3n) is 7.30. The third kappa shape index (κ3) is 6.10. The maximum atomic E-state index is 13.4. The fraction of sp³-hybridized carbons (Fsp3) is 0.176. The Labute approximate surface area is 253 Å². The predicted octanol–water partition coefficient (Wildman–Crippen LogP) is 5.57. The van der Waals surface area contributed by atoms with Crippen LogP contribution in [-0.4, -0.2) is 54.5 Å². The van der Waals surface area contributed by atoms with Crippen molar-refractivity contribution in [1.29, 1.82) is 0 Å². The monoisotopic (exact) mass is 591 g/mol. The number of nitrogens with one attached hydrogen (secondary N) is 1.